The van der Waals surface area contributed by atoms with Gasteiger partial charge >= 0.3 is 0 Å². The highest BCUT2D eigenvalue weighted by Crippen LogP contribution is 2.23. The fourth-order valence-electron chi connectivity index (χ4n) is 1.80. The number of pyridine rings is 1. The fraction of sp³-hybridized carbons (Fsp3) is 0.154. The van der Waals surface area contributed by atoms with Gasteiger partial charge < -0.3 is 5.32 Å². The van der Waals surface area contributed by atoms with Gasteiger partial charge in [-0.3, -0.25) is 0 Å². The highest BCUT2D eigenvalue weighted by atomic mass is 32.2. The summed E-state index contributed by atoms with van der Waals surface area (Å²) in [5.74, 6) is -1.87. The summed E-state index contributed by atoms with van der Waals surface area (Å²) in [6, 6.07) is 5.69. The molecule has 0 spiro atoms. The highest BCUT2D eigenvalue weighted by Gasteiger charge is 2.17. The van der Waals surface area contributed by atoms with E-state index in [1.54, 1.807) is 6.92 Å². The molecule has 0 saturated carbocycles. The second-order valence-electron chi connectivity index (χ2n) is 4.43. The molecule has 0 radical (unpaired) electrons. The average Bonchev–Trinajstić information content (AvgIpc) is 2.41. The summed E-state index contributed by atoms with van der Waals surface area (Å²) in [5.41, 5.74) is 0.444. The number of hydrogen-bond acceptors (Lipinski definition) is 4. The van der Waals surface area contributed by atoms with Gasteiger partial charge in [0.05, 0.1) is 6.04 Å². The Labute approximate surface area is 120 Å². The number of benzene rings is 1. The molecule has 112 valence electrons. The summed E-state index contributed by atoms with van der Waals surface area (Å²) in [7, 11) is -3.94. The Morgan fingerprint density at radius 1 is 1.24 bits per heavy atom. The number of nitrogens with zero attached hydrogens (tertiary/aromatic N) is 1. The molecule has 5 nitrogen and oxygen atoms in total. The van der Waals surface area contributed by atoms with Gasteiger partial charge in [0.2, 0.25) is 10.0 Å². The van der Waals surface area contributed by atoms with Crippen LogP contribution in [0.15, 0.2) is 41.4 Å². The molecule has 1 aromatic carbocycles. The van der Waals surface area contributed by atoms with Crippen LogP contribution in [0.5, 0.6) is 0 Å². The lowest BCUT2D eigenvalue weighted by molar-refractivity contribution is 0.506. The summed E-state index contributed by atoms with van der Waals surface area (Å²) < 4.78 is 49.0. The van der Waals surface area contributed by atoms with Gasteiger partial charge in [-0.2, -0.15) is 0 Å². The first kappa shape index (κ1) is 15.3. The molecule has 1 atom stereocenters. The summed E-state index contributed by atoms with van der Waals surface area (Å²) in [6.45, 7) is 1.66. The van der Waals surface area contributed by atoms with Crippen LogP contribution in [0, 0.1) is 11.6 Å². The lowest BCUT2D eigenvalue weighted by Crippen LogP contribution is -2.17. The minimum atomic E-state index is -3.94. The molecular weight excluding hydrogens is 300 g/mol. The van der Waals surface area contributed by atoms with Crippen LogP contribution in [0.25, 0.3) is 0 Å². The van der Waals surface area contributed by atoms with Crippen LogP contribution < -0.4 is 10.5 Å². The van der Waals surface area contributed by atoms with Crippen LogP contribution in [0.1, 0.15) is 18.5 Å². The molecule has 0 fully saturated rings. The Bertz CT molecular complexity index is 766. The smallest absolute Gasteiger partial charge is 0.241 e. The van der Waals surface area contributed by atoms with Gasteiger partial charge in [-0.1, -0.05) is 6.07 Å². The van der Waals surface area contributed by atoms with Crippen molar-refractivity contribution in [2.24, 2.45) is 5.14 Å². The zero-order valence-electron chi connectivity index (χ0n) is 11.0. The van der Waals surface area contributed by atoms with Crippen molar-refractivity contribution in [1.29, 1.82) is 0 Å². The minimum absolute atomic E-state index is 0.0530. The predicted molar refractivity (Wildman–Crippen MR) is 74.0 cm³/mol. The Hall–Kier alpha value is -2.06. The van der Waals surface area contributed by atoms with Gasteiger partial charge in [0.15, 0.2) is 11.6 Å². The zero-order chi connectivity index (χ0) is 15.6. The van der Waals surface area contributed by atoms with Crippen LogP contribution in [0.2, 0.25) is 0 Å². The summed E-state index contributed by atoms with van der Waals surface area (Å²) >= 11 is 0. The monoisotopic (exact) mass is 313 g/mol. The number of hydrogen-bond donors (Lipinski definition) is 2. The standard InChI is InChI=1S/C13H13F2N3O2S/c1-8(9-4-5-10(14)11(15)7-9)18-13-12(21(16,19)20)3-2-6-17-13/h2-8H,1H3,(H,17,18)(H2,16,19,20). The van der Waals surface area contributed by atoms with Crippen molar-refractivity contribution in [2.45, 2.75) is 17.9 Å². The van der Waals surface area contributed by atoms with E-state index in [9.17, 15) is 17.2 Å². The van der Waals surface area contributed by atoms with E-state index in [4.69, 9.17) is 5.14 Å². The second kappa shape index (κ2) is 5.74. The summed E-state index contributed by atoms with van der Waals surface area (Å²) in [4.78, 5) is 3.75. The van der Waals surface area contributed by atoms with Crippen LogP contribution >= 0.6 is 0 Å². The van der Waals surface area contributed by atoms with Gasteiger partial charge in [0.25, 0.3) is 0 Å². The quantitative estimate of drug-likeness (QED) is 0.906. The number of nitrogens with two attached hydrogens (primary N) is 1. The molecule has 1 unspecified atom stereocenters. The molecule has 0 saturated heterocycles. The summed E-state index contributed by atoms with van der Waals surface area (Å²) in [5, 5.41) is 7.92. The van der Waals surface area contributed by atoms with Crippen molar-refractivity contribution in [2.75, 3.05) is 5.32 Å². The zero-order valence-corrected chi connectivity index (χ0v) is 11.9. The molecule has 3 N–H and O–H groups in total. The van der Waals surface area contributed by atoms with E-state index in [1.807, 2.05) is 0 Å². The highest BCUT2D eigenvalue weighted by molar-refractivity contribution is 7.89. The second-order valence-corrected chi connectivity index (χ2v) is 5.96. The van der Waals surface area contributed by atoms with Crippen LogP contribution in [0.4, 0.5) is 14.6 Å². The van der Waals surface area contributed by atoms with Crippen molar-refractivity contribution in [3.8, 4) is 0 Å². The molecule has 0 aliphatic rings. The first-order chi connectivity index (χ1) is 9.79. The van der Waals surface area contributed by atoms with Crippen molar-refractivity contribution in [1.82, 2.24) is 4.98 Å². The van der Waals surface area contributed by atoms with Crippen molar-refractivity contribution in [3.05, 3.63) is 53.7 Å². The topological polar surface area (TPSA) is 85.1 Å². The number of anilines is 1. The van der Waals surface area contributed by atoms with Gasteiger partial charge in [-0.05, 0) is 36.8 Å². The third-order valence-corrected chi connectivity index (χ3v) is 3.82. The number of primary sulfonamides is 1. The molecular formula is C13H13F2N3O2S. The molecule has 8 heteroatoms. The minimum Gasteiger partial charge on any atom is -0.362 e. The normalized spacial score (nSPS) is 13.0. The predicted octanol–water partition coefficient (Wildman–Crippen LogP) is 2.18. The van der Waals surface area contributed by atoms with Crippen molar-refractivity contribution in [3.63, 3.8) is 0 Å². The molecule has 2 aromatic rings. The number of sulfonamides is 1. The number of aromatic nitrogens is 1. The van der Waals surface area contributed by atoms with Gasteiger partial charge in [-0.15, -0.1) is 0 Å². The number of nitrogens with one attached hydrogen (secondary N) is 1. The summed E-state index contributed by atoms with van der Waals surface area (Å²) in [6.07, 6.45) is 1.40. The van der Waals surface area contributed by atoms with E-state index < -0.39 is 27.7 Å². The Kier molecular flexibility index (Phi) is 4.19. The molecule has 0 amide bonds. The van der Waals surface area contributed by atoms with E-state index in [-0.39, 0.29) is 10.7 Å². The Morgan fingerprint density at radius 3 is 2.57 bits per heavy atom. The van der Waals surface area contributed by atoms with Gasteiger partial charge in [-0.25, -0.2) is 27.3 Å². The van der Waals surface area contributed by atoms with Gasteiger partial charge in [0, 0.05) is 6.20 Å². The number of halogens is 2. The van der Waals surface area contributed by atoms with E-state index in [0.29, 0.717) is 5.56 Å². The molecule has 0 bridgehead atoms. The third-order valence-electron chi connectivity index (χ3n) is 2.87. The third kappa shape index (κ3) is 3.53. The Morgan fingerprint density at radius 2 is 1.95 bits per heavy atom. The molecule has 2 rings (SSSR count). The average molecular weight is 313 g/mol. The molecule has 1 heterocycles. The number of rotatable bonds is 4. The Balaban J connectivity index is 2.32. The first-order valence-corrected chi connectivity index (χ1v) is 7.53. The van der Waals surface area contributed by atoms with E-state index in [1.165, 1.54) is 24.4 Å². The van der Waals surface area contributed by atoms with Crippen LogP contribution in [-0.2, 0) is 10.0 Å². The molecule has 0 aliphatic heterocycles. The largest absolute Gasteiger partial charge is 0.362 e. The fourth-order valence-corrected chi connectivity index (χ4v) is 2.45. The maximum absolute atomic E-state index is 13.2. The lowest BCUT2D eigenvalue weighted by Gasteiger charge is -2.16. The SMILES string of the molecule is CC(Nc1ncccc1S(N)(=O)=O)c1ccc(F)c(F)c1. The van der Waals surface area contributed by atoms with Crippen molar-refractivity contribution >= 4 is 15.8 Å². The van der Waals surface area contributed by atoms with Crippen molar-refractivity contribution < 1.29 is 17.2 Å². The van der Waals surface area contributed by atoms with E-state index in [0.717, 1.165) is 12.1 Å². The van der Waals surface area contributed by atoms with E-state index in [2.05, 4.69) is 10.3 Å². The first-order valence-electron chi connectivity index (χ1n) is 5.98. The molecule has 1 aromatic heterocycles. The van der Waals surface area contributed by atoms with Crippen LogP contribution in [0.3, 0.4) is 0 Å². The molecule has 0 aliphatic carbocycles. The maximum atomic E-state index is 13.2. The van der Waals surface area contributed by atoms with E-state index >= 15 is 0 Å². The maximum Gasteiger partial charge on any atom is 0.241 e. The van der Waals surface area contributed by atoms with Gasteiger partial charge in [0.1, 0.15) is 10.7 Å². The van der Waals surface area contributed by atoms with Crippen LogP contribution in [-0.4, -0.2) is 13.4 Å². The molecule has 21 heavy (non-hydrogen) atoms. The lowest BCUT2D eigenvalue weighted by atomic mass is 10.1.